The number of likely N-dealkylation sites (tertiary alicyclic amines) is 1. The van der Waals surface area contributed by atoms with E-state index in [1.165, 1.54) is 0 Å². The van der Waals surface area contributed by atoms with Gasteiger partial charge < -0.3 is 19.7 Å². The summed E-state index contributed by atoms with van der Waals surface area (Å²) in [6.45, 7) is 1.39. The molecule has 0 aliphatic carbocycles. The van der Waals surface area contributed by atoms with Crippen molar-refractivity contribution in [3.8, 4) is 11.5 Å². The maximum Gasteiger partial charge on any atom is 0.257 e. The minimum atomic E-state index is -0.00952. The number of halogens is 1. The maximum atomic E-state index is 12.8. The van der Waals surface area contributed by atoms with Gasteiger partial charge in [0.05, 0.1) is 19.8 Å². The van der Waals surface area contributed by atoms with E-state index in [0.717, 1.165) is 23.1 Å². The van der Waals surface area contributed by atoms with Crippen LogP contribution in [-0.2, 0) is 0 Å². The number of nitrogens with one attached hydrogen (secondary N) is 1. The van der Waals surface area contributed by atoms with E-state index < -0.39 is 0 Å². The molecule has 0 saturated carbocycles. The van der Waals surface area contributed by atoms with Crippen molar-refractivity contribution in [3.63, 3.8) is 0 Å². The number of ether oxygens (including phenoxy) is 2. The summed E-state index contributed by atoms with van der Waals surface area (Å²) in [6.07, 6.45) is 3.53. The van der Waals surface area contributed by atoms with Gasteiger partial charge in [0.2, 0.25) is 0 Å². The van der Waals surface area contributed by atoms with Gasteiger partial charge in [0.15, 0.2) is 0 Å². The molecular weight excluding hydrogens is 398 g/mol. The van der Waals surface area contributed by atoms with E-state index in [-0.39, 0.29) is 5.91 Å². The van der Waals surface area contributed by atoms with E-state index in [4.69, 9.17) is 9.47 Å². The van der Waals surface area contributed by atoms with Crippen LogP contribution in [0.5, 0.6) is 11.5 Å². The Kier molecular flexibility index (Phi) is 5.98. The molecule has 0 spiro atoms. The number of benzene rings is 1. The van der Waals surface area contributed by atoms with Gasteiger partial charge in [-0.2, -0.15) is 0 Å². The minimum absolute atomic E-state index is 0.00952. The zero-order chi connectivity index (χ0) is 18.5. The smallest absolute Gasteiger partial charge is 0.257 e. The third-order valence-corrected chi connectivity index (χ3v) is 4.97. The summed E-state index contributed by atoms with van der Waals surface area (Å²) < 4.78 is 11.5. The molecule has 1 aromatic heterocycles. The molecule has 2 heterocycles. The van der Waals surface area contributed by atoms with Crippen LogP contribution in [0.4, 0.5) is 5.82 Å². The second-order valence-corrected chi connectivity index (χ2v) is 7.05. The first kappa shape index (κ1) is 18.5. The van der Waals surface area contributed by atoms with E-state index >= 15 is 0 Å². The molecule has 1 N–H and O–H groups in total. The molecule has 0 bridgehead atoms. The number of aromatic nitrogens is 1. The lowest BCUT2D eigenvalue weighted by Gasteiger charge is -2.33. The van der Waals surface area contributed by atoms with Gasteiger partial charge in [-0.05, 0) is 53.0 Å². The van der Waals surface area contributed by atoms with Crippen LogP contribution in [-0.4, -0.2) is 49.1 Å². The fourth-order valence-electron chi connectivity index (χ4n) is 3.04. The van der Waals surface area contributed by atoms with Gasteiger partial charge in [-0.3, -0.25) is 4.79 Å². The lowest BCUT2D eigenvalue weighted by atomic mass is 10.0. The molecule has 7 heteroatoms. The van der Waals surface area contributed by atoms with E-state index in [9.17, 15) is 4.79 Å². The summed E-state index contributed by atoms with van der Waals surface area (Å²) in [6, 6.07) is 9.50. The van der Waals surface area contributed by atoms with Crippen molar-refractivity contribution >= 4 is 27.7 Å². The summed E-state index contributed by atoms with van der Waals surface area (Å²) in [4.78, 5) is 19.1. The lowest BCUT2D eigenvalue weighted by molar-refractivity contribution is 0.0715. The predicted octanol–water partition coefficient (Wildman–Crippen LogP) is 3.58. The van der Waals surface area contributed by atoms with Gasteiger partial charge in [-0.25, -0.2) is 4.98 Å². The molecule has 138 valence electrons. The second-order valence-electron chi connectivity index (χ2n) is 6.14. The zero-order valence-corrected chi connectivity index (χ0v) is 16.5. The number of rotatable bonds is 5. The fraction of sp³-hybridized carbons (Fsp3) is 0.368. The van der Waals surface area contributed by atoms with Crippen LogP contribution < -0.4 is 14.8 Å². The van der Waals surface area contributed by atoms with Crippen LogP contribution in [0.1, 0.15) is 23.2 Å². The van der Waals surface area contributed by atoms with Crippen LogP contribution in [0, 0.1) is 0 Å². The van der Waals surface area contributed by atoms with Gasteiger partial charge in [0.25, 0.3) is 5.91 Å². The predicted molar refractivity (Wildman–Crippen MR) is 104 cm³/mol. The van der Waals surface area contributed by atoms with Gasteiger partial charge in [0, 0.05) is 35.9 Å². The van der Waals surface area contributed by atoms with Crippen molar-refractivity contribution in [1.29, 1.82) is 0 Å². The molecule has 1 saturated heterocycles. The normalized spacial score (nSPS) is 14.8. The number of hydrogen-bond acceptors (Lipinski definition) is 5. The highest BCUT2D eigenvalue weighted by atomic mass is 79.9. The molecule has 1 fully saturated rings. The van der Waals surface area contributed by atoms with Crippen LogP contribution in [0.25, 0.3) is 0 Å². The molecule has 2 aromatic rings. The SMILES string of the molecule is COc1ccc(C(=O)N2CCC(Nc3ccc(Br)cn3)CC2)c(OC)c1. The number of amides is 1. The maximum absolute atomic E-state index is 12.8. The van der Waals surface area contributed by atoms with Crippen molar-refractivity contribution in [2.75, 3.05) is 32.6 Å². The molecule has 6 nitrogen and oxygen atoms in total. The average molecular weight is 420 g/mol. The van der Waals surface area contributed by atoms with E-state index in [1.807, 2.05) is 17.0 Å². The first-order valence-corrected chi connectivity index (χ1v) is 9.29. The molecule has 3 rings (SSSR count). The summed E-state index contributed by atoms with van der Waals surface area (Å²) in [5, 5.41) is 3.43. The van der Waals surface area contributed by atoms with Gasteiger partial charge in [0.1, 0.15) is 17.3 Å². The fourth-order valence-corrected chi connectivity index (χ4v) is 3.28. The van der Waals surface area contributed by atoms with Crippen LogP contribution in [0.15, 0.2) is 41.0 Å². The summed E-state index contributed by atoms with van der Waals surface area (Å²) >= 11 is 3.38. The lowest BCUT2D eigenvalue weighted by Crippen LogP contribution is -2.42. The number of carbonyl (C=O) groups is 1. The number of piperidine rings is 1. The third kappa shape index (κ3) is 4.27. The Morgan fingerprint density at radius 2 is 1.96 bits per heavy atom. The summed E-state index contributed by atoms with van der Waals surface area (Å²) in [5.74, 6) is 2.05. The monoisotopic (exact) mass is 419 g/mol. The van der Waals surface area contributed by atoms with Crippen molar-refractivity contribution < 1.29 is 14.3 Å². The van der Waals surface area contributed by atoms with Crippen LogP contribution >= 0.6 is 15.9 Å². The molecule has 0 unspecified atom stereocenters. The number of pyridine rings is 1. The van der Waals surface area contributed by atoms with Crippen molar-refractivity contribution in [2.24, 2.45) is 0 Å². The molecule has 0 radical (unpaired) electrons. The van der Waals surface area contributed by atoms with Crippen molar-refractivity contribution in [3.05, 3.63) is 46.6 Å². The molecule has 0 atom stereocenters. The Morgan fingerprint density at radius 3 is 2.58 bits per heavy atom. The zero-order valence-electron chi connectivity index (χ0n) is 14.9. The van der Waals surface area contributed by atoms with E-state index in [1.54, 1.807) is 38.6 Å². The Hall–Kier alpha value is -2.28. The highest BCUT2D eigenvalue weighted by Crippen LogP contribution is 2.27. The van der Waals surface area contributed by atoms with Crippen molar-refractivity contribution in [1.82, 2.24) is 9.88 Å². The first-order chi connectivity index (χ1) is 12.6. The molecule has 26 heavy (non-hydrogen) atoms. The highest BCUT2D eigenvalue weighted by molar-refractivity contribution is 9.10. The molecule has 1 aromatic carbocycles. The van der Waals surface area contributed by atoms with Crippen molar-refractivity contribution in [2.45, 2.75) is 18.9 Å². The molecular formula is C19H22BrN3O3. The Balaban J connectivity index is 1.60. The minimum Gasteiger partial charge on any atom is -0.497 e. The Morgan fingerprint density at radius 1 is 1.19 bits per heavy atom. The van der Waals surface area contributed by atoms with E-state index in [2.05, 4.69) is 26.2 Å². The highest BCUT2D eigenvalue weighted by Gasteiger charge is 2.25. The largest absolute Gasteiger partial charge is 0.497 e. The van der Waals surface area contributed by atoms with Crippen LogP contribution in [0.2, 0.25) is 0 Å². The van der Waals surface area contributed by atoms with Crippen LogP contribution in [0.3, 0.4) is 0 Å². The molecule has 1 amide bonds. The quantitative estimate of drug-likeness (QED) is 0.801. The molecule has 1 aliphatic rings. The van der Waals surface area contributed by atoms with Gasteiger partial charge in [-0.1, -0.05) is 0 Å². The summed E-state index contributed by atoms with van der Waals surface area (Å²) in [5.41, 5.74) is 0.564. The summed E-state index contributed by atoms with van der Waals surface area (Å²) in [7, 11) is 3.15. The Bertz CT molecular complexity index is 759. The second kappa shape index (κ2) is 8.40. The van der Waals surface area contributed by atoms with E-state index in [0.29, 0.717) is 36.2 Å². The number of anilines is 1. The third-order valence-electron chi connectivity index (χ3n) is 4.50. The van der Waals surface area contributed by atoms with Gasteiger partial charge in [-0.15, -0.1) is 0 Å². The standard InChI is InChI=1S/C19H22BrN3O3/c1-25-15-4-5-16(17(11-15)26-2)19(24)23-9-7-14(8-10-23)22-18-6-3-13(20)12-21-18/h3-6,11-12,14H,7-10H2,1-2H3,(H,21,22). The first-order valence-electron chi connectivity index (χ1n) is 8.50. The number of carbonyl (C=O) groups excluding carboxylic acids is 1. The average Bonchev–Trinajstić information content (AvgIpc) is 2.69. The number of hydrogen-bond donors (Lipinski definition) is 1. The molecule has 1 aliphatic heterocycles. The number of nitrogens with zero attached hydrogens (tertiary/aromatic N) is 2. The Labute approximate surface area is 161 Å². The van der Waals surface area contributed by atoms with Gasteiger partial charge >= 0.3 is 0 Å². The topological polar surface area (TPSA) is 63.7 Å². The number of methoxy groups -OCH3 is 2.